The van der Waals surface area contributed by atoms with Gasteiger partial charge in [-0.1, -0.05) is 19.9 Å². The van der Waals surface area contributed by atoms with Crippen molar-refractivity contribution in [1.29, 1.82) is 0 Å². The van der Waals surface area contributed by atoms with Crippen LogP contribution in [0.15, 0.2) is 49.1 Å². The molecule has 174 valence electrons. The maximum atomic E-state index is 12.7. The van der Waals surface area contributed by atoms with Crippen molar-refractivity contribution >= 4 is 22.8 Å². The second-order valence-corrected chi connectivity index (χ2v) is 8.28. The van der Waals surface area contributed by atoms with Crippen LogP contribution < -0.4 is 20.1 Å². The molecule has 1 amide bonds. The summed E-state index contributed by atoms with van der Waals surface area (Å²) in [5, 5.41) is 7.08. The smallest absolute Gasteiger partial charge is 0.268 e. The van der Waals surface area contributed by atoms with Crippen LogP contribution in [0.1, 0.15) is 41.8 Å². The van der Waals surface area contributed by atoms with Crippen molar-refractivity contribution in [2.24, 2.45) is 5.92 Å². The summed E-state index contributed by atoms with van der Waals surface area (Å²) in [4.78, 5) is 32.8. The predicted octanol–water partition coefficient (Wildman–Crippen LogP) is 3.26. The molecule has 4 aromatic rings. The van der Waals surface area contributed by atoms with Crippen LogP contribution in [-0.2, 0) is 6.54 Å². The highest BCUT2D eigenvalue weighted by atomic mass is 16.6. The molecule has 0 spiro atoms. The summed E-state index contributed by atoms with van der Waals surface area (Å²) in [6, 6.07) is 9.41. The summed E-state index contributed by atoms with van der Waals surface area (Å²) in [6.07, 6.45) is 4.75. The summed E-state index contributed by atoms with van der Waals surface area (Å²) < 4.78 is 11.4. The van der Waals surface area contributed by atoms with E-state index in [2.05, 4.69) is 49.4 Å². The topological polar surface area (TPSA) is 127 Å². The number of hydrogen-bond donors (Lipinski definition) is 3. The fourth-order valence-corrected chi connectivity index (χ4v) is 3.89. The Morgan fingerprint density at radius 3 is 2.65 bits per heavy atom. The number of hydrogen-bond acceptors (Lipinski definition) is 8. The first kappa shape index (κ1) is 21.6. The van der Waals surface area contributed by atoms with E-state index in [9.17, 15) is 4.79 Å². The average molecular weight is 460 g/mol. The molecule has 1 aliphatic rings. The van der Waals surface area contributed by atoms with Gasteiger partial charge in [-0.3, -0.25) is 4.79 Å². The van der Waals surface area contributed by atoms with Gasteiger partial charge in [-0.05, 0) is 35.7 Å². The molecule has 10 nitrogen and oxygen atoms in total. The summed E-state index contributed by atoms with van der Waals surface area (Å²) in [6.45, 7) is 5.58. The number of carbonyl (C=O) groups excluding carboxylic acids is 1. The highest BCUT2D eigenvalue weighted by Gasteiger charge is 2.22. The van der Waals surface area contributed by atoms with Crippen LogP contribution in [-0.4, -0.2) is 44.0 Å². The third-order valence-electron chi connectivity index (χ3n) is 5.58. The quantitative estimate of drug-likeness (QED) is 0.384. The van der Waals surface area contributed by atoms with E-state index in [4.69, 9.17) is 9.47 Å². The second kappa shape index (κ2) is 9.34. The van der Waals surface area contributed by atoms with Crippen molar-refractivity contribution in [3.63, 3.8) is 0 Å². The van der Waals surface area contributed by atoms with Crippen molar-refractivity contribution < 1.29 is 14.3 Å². The van der Waals surface area contributed by atoms with Gasteiger partial charge in [0, 0.05) is 12.4 Å². The van der Waals surface area contributed by atoms with E-state index in [1.54, 1.807) is 24.5 Å². The lowest BCUT2D eigenvalue weighted by atomic mass is 9.95. The number of fused-ring (bicyclic) bond motifs is 2. The molecule has 1 atom stereocenters. The first-order valence-electron chi connectivity index (χ1n) is 11.1. The fraction of sp³-hybridized carbons (Fsp3) is 0.292. The number of nitrogens with one attached hydrogen (secondary N) is 3. The van der Waals surface area contributed by atoms with Crippen molar-refractivity contribution in [2.75, 3.05) is 18.5 Å². The molecule has 0 bridgehead atoms. The zero-order valence-electron chi connectivity index (χ0n) is 18.9. The number of anilines is 1. The van der Waals surface area contributed by atoms with E-state index in [0.29, 0.717) is 36.2 Å². The fourth-order valence-electron chi connectivity index (χ4n) is 3.89. The van der Waals surface area contributed by atoms with Gasteiger partial charge in [0.1, 0.15) is 42.5 Å². The summed E-state index contributed by atoms with van der Waals surface area (Å²) in [7, 11) is 0. The zero-order valence-corrected chi connectivity index (χ0v) is 18.9. The van der Waals surface area contributed by atoms with Gasteiger partial charge in [-0.25, -0.2) is 19.9 Å². The van der Waals surface area contributed by atoms with Gasteiger partial charge in [-0.2, -0.15) is 0 Å². The highest BCUT2D eigenvalue weighted by molar-refractivity contribution is 5.99. The minimum atomic E-state index is -0.274. The lowest BCUT2D eigenvalue weighted by molar-refractivity contribution is 0.0945. The normalized spacial score (nSPS) is 13.6. The molecule has 0 saturated carbocycles. The van der Waals surface area contributed by atoms with Gasteiger partial charge in [0.15, 0.2) is 11.5 Å². The molecule has 0 saturated heterocycles. The van der Waals surface area contributed by atoms with E-state index in [1.807, 2.05) is 18.2 Å². The predicted molar refractivity (Wildman–Crippen MR) is 126 cm³/mol. The highest BCUT2D eigenvalue weighted by Crippen LogP contribution is 2.36. The van der Waals surface area contributed by atoms with Crippen molar-refractivity contribution in [2.45, 2.75) is 26.4 Å². The maximum Gasteiger partial charge on any atom is 0.268 e. The molecule has 4 heterocycles. The van der Waals surface area contributed by atoms with Gasteiger partial charge < -0.3 is 25.1 Å². The number of amides is 1. The molecule has 3 aromatic heterocycles. The number of nitrogens with zero attached hydrogens (tertiary/aromatic N) is 4. The number of aromatic nitrogens is 5. The Morgan fingerprint density at radius 2 is 1.85 bits per heavy atom. The van der Waals surface area contributed by atoms with Crippen LogP contribution >= 0.6 is 0 Å². The number of rotatable bonds is 7. The minimum Gasteiger partial charge on any atom is -0.486 e. The molecular weight excluding hydrogens is 434 g/mol. The van der Waals surface area contributed by atoms with Crippen LogP contribution in [0.5, 0.6) is 11.5 Å². The van der Waals surface area contributed by atoms with Crippen LogP contribution in [0.4, 0.5) is 5.82 Å². The van der Waals surface area contributed by atoms with Crippen LogP contribution in [0.3, 0.4) is 0 Å². The summed E-state index contributed by atoms with van der Waals surface area (Å²) >= 11 is 0. The number of benzene rings is 1. The van der Waals surface area contributed by atoms with E-state index in [1.165, 1.54) is 6.33 Å². The third-order valence-corrected chi connectivity index (χ3v) is 5.58. The Bertz CT molecular complexity index is 1310. The van der Waals surface area contributed by atoms with E-state index < -0.39 is 0 Å². The van der Waals surface area contributed by atoms with Crippen molar-refractivity contribution in [3.8, 4) is 11.5 Å². The van der Waals surface area contributed by atoms with Crippen LogP contribution in [0.2, 0.25) is 0 Å². The minimum absolute atomic E-state index is 0.0451. The van der Waals surface area contributed by atoms with Gasteiger partial charge in [0.05, 0.1) is 18.0 Å². The maximum absolute atomic E-state index is 12.7. The number of aromatic amines is 1. The Balaban J connectivity index is 1.38. The molecule has 1 aliphatic heterocycles. The first-order valence-corrected chi connectivity index (χ1v) is 11.1. The largest absolute Gasteiger partial charge is 0.486 e. The lowest BCUT2D eigenvalue weighted by Gasteiger charge is -2.26. The summed E-state index contributed by atoms with van der Waals surface area (Å²) in [5.41, 5.74) is 2.01. The van der Waals surface area contributed by atoms with Crippen molar-refractivity contribution in [3.05, 3.63) is 66.1 Å². The Hall–Kier alpha value is -4.21. The molecule has 0 radical (unpaired) electrons. The summed E-state index contributed by atoms with van der Waals surface area (Å²) in [5.74, 6) is 2.65. The Labute approximate surface area is 196 Å². The first-order chi connectivity index (χ1) is 16.6. The molecule has 34 heavy (non-hydrogen) atoms. The van der Waals surface area contributed by atoms with Crippen LogP contribution in [0.25, 0.3) is 11.0 Å². The molecule has 5 rings (SSSR count). The standard InChI is InChI=1S/C24H25N7O3/c1-14(2)21(15-4-5-18-19(10-15)34-9-8-33-18)31-23-16-11-17(30-22(16)28-13-29-23)24(32)27-12-20-25-6-3-7-26-20/h3-7,10-11,13-14,21H,8-9,12H2,1-2H3,(H,27,32)(H2,28,29,30,31)/t21-/m1/s1. The van der Waals surface area contributed by atoms with E-state index in [0.717, 1.165) is 22.4 Å². The lowest BCUT2D eigenvalue weighted by Crippen LogP contribution is -2.24. The number of H-pyrrole nitrogens is 1. The zero-order chi connectivity index (χ0) is 23.5. The van der Waals surface area contributed by atoms with Crippen molar-refractivity contribution in [1.82, 2.24) is 30.2 Å². The molecule has 10 heteroatoms. The third kappa shape index (κ3) is 4.47. The molecule has 0 unspecified atom stereocenters. The molecule has 1 aromatic carbocycles. The number of carbonyl (C=O) groups is 1. The molecule has 3 N–H and O–H groups in total. The SMILES string of the molecule is CC(C)[C@@H](Nc1ncnc2[nH]c(C(=O)NCc3ncccn3)cc12)c1ccc2c(c1)OCCO2. The average Bonchev–Trinajstić information content (AvgIpc) is 3.31. The van der Waals surface area contributed by atoms with Gasteiger partial charge >= 0.3 is 0 Å². The monoisotopic (exact) mass is 459 g/mol. The molecule has 0 aliphatic carbocycles. The molecular formula is C24H25N7O3. The Kier molecular flexibility index (Phi) is 5.94. The van der Waals surface area contributed by atoms with Gasteiger partial charge in [0.25, 0.3) is 5.91 Å². The Morgan fingerprint density at radius 1 is 1.06 bits per heavy atom. The van der Waals surface area contributed by atoms with E-state index >= 15 is 0 Å². The van der Waals surface area contributed by atoms with Gasteiger partial charge in [0.2, 0.25) is 0 Å². The number of ether oxygens (including phenoxy) is 2. The second-order valence-electron chi connectivity index (χ2n) is 8.28. The van der Waals surface area contributed by atoms with Crippen LogP contribution in [0, 0.1) is 5.92 Å². The molecule has 0 fully saturated rings. The van der Waals surface area contributed by atoms with Gasteiger partial charge in [-0.15, -0.1) is 0 Å². The van der Waals surface area contributed by atoms with E-state index in [-0.39, 0.29) is 24.4 Å².